The average Bonchev–Trinajstić information content (AvgIpc) is 3.12. The Bertz CT molecular complexity index is 1110. The lowest BCUT2D eigenvalue weighted by molar-refractivity contribution is -0.135. The summed E-state index contributed by atoms with van der Waals surface area (Å²) in [6.45, 7) is -0.806. The first-order valence-corrected chi connectivity index (χ1v) is 8.37. The highest BCUT2D eigenvalue weighted by atomic mass is 32.1. The molecule has 1 aromatic carbocycles. The number of hydrogen-bond acceptors (Lipinski definition) is 8. The second kappa shape index (κ2) is 6.96. The molecule has 140 valence electrons. The van der Waals surface area contributed by atoms with Crippen molar-refractivity contribution in [3.8, 4) is 17.2 Å². The number of pyridine rings is 1. The summed E-state index contributed by atoms with van der Waals surface area (Å²) in [5.41, 5.74) is -1.51. The van der Waals surface area contributed by atoms with E-state index in [0.29, 0.717) is 5.01 Å². The van der Waals surface area contributed by atoms with Crippen LogP contribution in [-0.4, -0.2) is 48.4 Å². The van der Waals surface area contributed by atoms with Crippen molar-refractivity contribution in [3.05, 3.63) is 44.6 Å². The predicted molar refractivity (Wildman–Crippen MR) is 94.4 cm³/mol. The number of phenols is 2. The minimum absolute atomic E-state index is 0.0588. The molecule has 0 atom stereocenters. The van der Waals surface area contributed by atoms with Crippen molar-refractivity contribution in [1.29, 1.82) is 0 Å². The first kappa shape index (κ1) is 18.2. The third-order valence-electron chi connectivity index (χ3n) is 3.74. The molecule has 3 aromatic rings. The maximum Gasteiger partial charge on any atom is 0.322 e. The first-order valence-electron chi connectivity index (χ1n) is 7.49. The molecule has 27 heavy (non-hydrogen) atoms. The number of aromatic hydroxyl groups is 3. The quantitative estimate of drug-likeness (QED) is 0.391. The Morgan fingerprint density at radius 1 is 1.19 bits per heavy atom. The number of hydrogen-bond donors (Lipinski definition) is 5. The summed E-state index contributed by atoms with van der Waals surface area (Å²) in [4.78, 5) is 39.8. The summed E-state index contributed by atoms with van der Waals surface area (Å²) in [5, 5.41) is 42.7. The van der Waals surface area contributed by atoms with E-state index in [1.54, 1.807) is 5.38 Å². The topological polar surface area (TPSA) is 162 Å². The lowest BCUT2D eigenvalue weighted by Crippen LogP contribution is -2.36. The maximum atomic E-state index is 12.8. The van der Waals surface area contributed by atoms with E-state index in [0.717, 1.165) is 16.7 Å². The number of carboxylic acid groups (broad SMARTS) is 1. The summed E-state index contributed by atoms with van der Waals surface area (Å²) in [7, 11) is 0. The molecule has 0 aliphatic rings. The molecule has 1 amide bonds. The van der Waals surface area contributed by atoms with Crippen molar-refractivity contribution in [3.63, 3.8) is 0 Å². The molecule has 0 unspecified atom stereocenters. The van der Waals surface area contributed by atoms with Crippen molar-refractivity contribution in [2.45, 2.75) is 6.54 Å². The zero-order chi connectivity index (χ0) is 19.7. The highest BCUT2D eigenvalue weighted by molar-refractivity contribution is 7.09. The van der Waals surface area contributed by atoms with Crippen LogP contribution in [0.25, 0.3) is 10.9 Å². The molecule has 0 saturated heterocycles. The minimum Gasteiger partial charge on any atom is -0.506 e. The van der Waals surface area contributed by atoms with E-state index >= 15 is 0 Å². The number of fused-ring (bicyclic) bond motifs is 1. The van der Waals surface area contributed by atoms with Crippen molar-refractivity contribution < 1.29 is 30.0 Å². The Labute approximate surface area is 154 Å². The van der Waals surface area contributed by atoms with Gasteiger partial charge < -0.3 is 30.3 Å². The number of carbonyl (C=O) groups excluding carboxylic acids is 1. The standard InChI is InChI=1S/C16H13N3O7S/c20-9-3-7-8(4-10(9)21)19(6-11-17-1-2-27-11)16(26)13(14(7)24)15(25)18-5-12(22)23/h1-4,20-21,24H,5-6H2,(H,18,25)(H,22,23). The van der Waals surface area contributed by atoms with E-state index in [-0.39, 0.29) is 17.4 Å². The number of rotatable bonds is 5. The molecular formula is C16H13N3O7S. The molecule has 11 heteroatoms. The fraction of sp³-hybridized carbons (Fsp3) is 0.125. The van der Waals surface area contributed by atoms with Gasteiger partial charge in [-0.2, -0.15) is 0 Å². The summed E-state index contributed by atoms with van der Waals surface area (Å²) in [5.74, 6) is -4.22. The van der Waals surface area contributed by atoms with Crippen LogP contribution in [0.5, 0.6) is 17.2 Å². The van der Waals surface area contributed by atoms with Gasteiger partial charge in [0.25, 0.3) is 11.5 Å². The number of aromatic nitrogens is 2. The highest BCUT2D eigenvalue weighted by Gasteiger charge is 2.24. The Morgan fingerprint density at radius 2 is 1.89 bits per heavy atom. The number of nitrogens with zero attached hydrogens (tertiary/aromatic N) is 2. The number of amides is 1. The van der Waals surface area contributed by atoms with E-state index in [1.807, 2.05) is 5.32 Å². The fourth-order valence-electron chi connectivity index (χ4n) is 2.53. The molecule has 10 nitrogen and oxygen atoms in total. The lowest BCUT2D eigenvalue weighted by atomic mass is 10.1. The summed E-state index contributed by atoms with van der Waals surface area (Å²) >= 11 is 1.25. The van der Waals surface area contributed by atoms with Crippen LogP contribution >= 0.6 is 11.3 Å². The zero-order valence-corrected chi connectivity index (χ0v) is 14.4. The normalized spacial score (nSPS) is 10.8. The highest BCUT2D eigenvalue weighted by Crippen LogP contribution is 2.35. The van der Waals surface area contributed by atoms with Crippen LogP contribution in [0.4, 0.5) is 0 Å². The lowest BCUT2D eigenvalue weighted by Gasteiger charge is -2.15. The Kier molecular flexibility index (Phi) is 4.69. The summed E-state index contributed by atoms with van der Waals surface area (Å²) in [6, 6.07) is 2.09. The van der Waals surface area contributed by atoms with Gasteiger partial charge in [0.05, 0.1) is 12.1 Å². The average molecular weight is 391 g/mol. The van der Waals surface area contributed by atoms with E-state index in [1.165, 1.54) is 17.5 Å². The molecule has 0 aliphatic heterocycles. The third-order valence-corrected chi connectivity index (χ3v) is 4.50. The molecule has 0 bridgehead atoms. The van der Waals surface area contributed by atoms with Crippen LogP contribution in [0.15, 0.2) is 28.5 Å². The summed E-state index contributed by atoms with van der Waals surface area (Å²) in [6.07, 6.45) is 1.53. The fourth-order valence-corrected chi connectivity index (χ4v) is 3.14. The van der Waals surface area contributed by atoms with Crippen LogP contribution in [-0.2, 0) is 11.3 Å². The van der Waals surface area contributed by atoms with Gasteiger partial charge in [-0.15, -0.1) is 11.3 Å². The zero-order valence-electron chi connectivity index (χ0n) is 13.5. The number of aliphatic carboxylic acids is 1. The van der Waals surface area contributed by atoms with Crippen molar-refractivity contribution in [1.82, 2.24) is 14.9 Å². The van der Waals surface area contributed by atoms with Crippen molar-refractivity contribution in [2.75, 3.05) is 6.54 Å². The minimum atomic E-state index is -1.32. The molecule has 3 rings (SSSR count). The SMILES string of the molecule is O=C(O)CNC(=O)c1c(O)c2cc(O)c(O)cc2n(Cc2nccs2)c1=O. The molecule has 0 radical (unpaired) electrons. The molecule has 2 heterocycles. The van der Waals surface area contributed by atoms with E-state index in [9.17, 15) is 29.7 Å². The van der Waals surface area contributed by atoms with Crippen LogP contribution < -0.4 is 10.9 Å². The van der Waals surface area contributed by atoms with Gasteiger partial charge in [-0.25, -0.2) is 4.98 Å². The Balaban J connectivity index is 2.26. The number of benzene rings is 1. The van der Waals surface area contributed by atoms with Gasteiger partial charge in [0, 0.05) is 23.0 Å². The van der Waals surface area contributed by atoms with Gasteiger partial charge in [-0.1, -0.05) is 0 Å². The van der Waals surface area contributed by atoms with Gasteiger partial charge in [-0.05, 0) is 6.07 Å². The van der Waals surface area contributed by atoms with Gasteiger partial charge in [0.2, 0.25) is 0 Å². The third kappa shape index (κ3) is 3.40. The van der Waals surface area contributed by atoms with E-state index < -0.39 is 46.8 Å². The Morgan fingerprint density at radius 3 is 2.52 bits per heavy atom. The van der Waals surface area contributed by atoms with Gasteiger partial charge >= 0.3 is 5.97 Å². The van der Waals surface area contributed by atoms with Gasteiger partial charge in [0.1, 0.15) is 22.9 Å². The monoisotopic (exact) mass is 391 g/mol. The molecule has 2 aromatic heterocycles. The first-order chi connectivity index (χ1) is 12.8. The van der Waals surface area contributed by atoms with Crippen molar-refractivity contribution >= 4 is 34.1 Å². The number of nitrogens with one attached hydrogen (secondary N) is 1. The number of carboxylic acids is 1. The van der Waals surface area contributed by atoms with Gasteiger partial charge in [0.15, 0.2) is 11.5 Å². The van der Waals surface area contributed by atoms with Crippen LogP contribution in [0.2, 0.25) is 0 Å². The molecule has 0 spiro atoms. The van der Waals surface area contributed by atoms with Gasteiger partial charge in [-0.3, -0.25) is 14.4 Å². The van der Waals surface area contributed by atoms with Crippen LogP contribution in [0.1, 0.15) is 15.4 Å². The van der Waals surface area contributed by atoms with Crippen LogP contribution in [0, 0.1) is 0 Å². The maximum absolute atomic E-state index is 12.8. The second-order valence-electron chi connectivity index (χ2n) is 5.48. The molecule has 0 fully saturated rings. The second-order valence-corrected chi connectivity index (χ2v) is 6.45. The molecular weight excluding hydrogens is 378 g/mol. The van der Waals surface area contributed by atoms with Crippen molar-refractivity contribution in [2.24, 2.45) is 0 Å². The number of phenolic OH excluding ortho intramolecular Hbond substituents is 2. The van der Waals surface area contributed by atoms with Crippen LogP contribution in [0.3, 0.4) is 0 Å². The Hall–Kier alpha value is -3.60. The molecule has 0 saturated carbocycles. The van der Waals surface area contributed by atoms with E-state index in [2.05, 4.69) is 4.98 Å². The predicted octanol–water partition coefficient (Wildman–Crippen LogP) is 0.437. The number of thiazole rings is 1. The number of carbonyl (C=O) groups is 2. The van der Waals surface area contributed by atoms with E-state index in [4.69, 9.17) is 5.11 Å². The largest absolute Gasteiger partial charge is 0.506 e. The smallest absolute Gasteiger partial charge is 0.322 e. The molecule has 0 aliphatic carbocycles. The molecule has 5 N–H and O–H groups in total. The summed E-state index contributed by atoms with van der Waals surface area (Å²) < 4.78 is 1.10.